The Balaban J connectivity index is 2.29. The van der Waals surface area contributed by atoms with Gasteiger partial charge in [-0.05, 0) is 37.6 Å². The third-order valence-corrected chi connectivity index (χ3v) is 4.06. The van der Waals surface area contributed by atoms with Gasteiger partial charge in [0.25, 0.3) is 5.91 Å². The summed E-state index contributed by atoms with van der Waals surface area (Å²) in [6.45, 7) is 3.92. The Hall–Kier alpha value is -1.33. The lowest BCUT2D eigenvalue weighted by molar-refractivity contribution is -0.123. The number of thiocarbonyl (C=S) groups is 1. The van der Waals surface area contributed by atoms with Crippen LogP contribution in [0.25, 0.3) is 6.08 Å². The molecule has 0 aromatic heterocycles. The first kappa shape index (κ1) is 14.1. The van der Waals surface area contributed by atoms with Crippen LogP contribution >= 0.6 is 24.0 Å². The van der Waals surface area contributed by atoms with Crippen molar-refractivity contribution in [3.05, 3.63) is 34.7 Å². The second kappa shape index (κ2) is 5.75. The molecule has 0 spiro atoms. The van der Waals surface area contributed by atoms with Crippen LogP contribution in [-0.2, 0) is 4.79 Å². The minimum absolute atomic E-state index is 0.0205. The first-order chi connectivity index (χ1) is 9.02. The van der Waals surface area contributed by atoms with Gasteiger partial charge in [0, 0.05) is 6.04 Å². The highest BCUT2D eigenvalue weighted by Crippen LogP contribution is 2.34. The van der Waals surface area contributed by atoms with E-state index in [0.717, 1.165) is 11.3 Å². The zero-order valence-corrected chi connectivity index (χ0v) is 12.7. The number of benzene rings is 1. The lowest BCUT2D eigenvalue weighted by atomic mass is 10.2. The SMILES string of the molecule is COc1cccc(C=C2SC(=S)N(C(C)C)C2=O)c1. The Labute approximate surface area is 122 Å². The summed E-state index contributed by atoms with van der Waals surface area (Å²) in [6.07, 6.45) is 1.85. The van der Waals surface area contributed by atoms with Crippen molar-refractivity contribution < 1.29 is 9.53 Å². The topological polar surface area (TPSA) is 29.5 Å². The van der Waals surface area contributed by atoms with Crippen molar-refractivity contribution in [2.75, 3.05) is 7.11 Å². The number of rotatable bonds is 3. The van der Waals surface area contributed by atoms with Crippen molar-refractivity contribution in [3.63, 3.8) is 0 Å². The summed E-state index contributed by atoms with van der Waals surface area (Å²) in [6, 6.07) is 7.68. The Morgan fingerprint density at radius 2 is 2.16 bits per heavy atom. The van der Waals surface area contributed by atoms with Crippen LogP contribution in [-0.4, -0.2) is 28.3 Å². The Morgan fingerprint density at radius 3 is 2.74 bits per heavy atom. The van der Waals surface area contributed by atoms with Crippen molar-refractivity contribution in [2.45, 2.75) is 19.9 Å². The normalized spacial score (nSPS) is 17.7. The lowest BCUT2D eigenvalue weighted by Gasteiger charge is -2.18. The fraction of sp³-hybridized carbons (Fsp3) is 0.286. The fourth-order valence-corrected chi connectivity index (χ4v) is 3.33. The van der Waals surface area contributed by atoms with Crippen molar-refractivity contribution in [1.82, 2.24) is 4.90 Å². The third kappa shape index (κ3) is 2.98. The standard InChI is InChI=1S/C14H15NO2S2/c1-9(2)15-13(16)12(19-14(15)18)8-10-5-4-6-11(7-10)17-3/h4-9H,1-3H3. The maximum atomic E-state index is 12.2. The number of carbonyl (C=O) groups excluding carboxylic acids is 1. The molecule has 1 saturated heterocycles. The van der Waals surface area contributed by atoms with Crippen molar-refractivity contribution >= 4 is 40.3 Å². The summed E-state index contributed by atoms with van der Waals surface area (Å²) in [5.41, 5.74) is 0.934. The highest BCUT2D eigenvalue weighted by molar-refractivity contribution is 8.26. The fourth-order valence-electron chi connectivity index (χ4n) is 1.81. The molecule has 0 aliphatic carbocycles. The molecule has 1 fully saturated rings. The van der Waals surface area contributed by atoms with Crippen LogP contribution in [0.3, 0.4) is 0 Å². The van der Waals surface area contributed by atoms with E-state index in [-0.39, 0.29) is 11.9 Å². The van der Waals surface area contributed by atoms with Gasteiger partial charge in [0.1, 0.15) is 10.1 Å². The number of hydrogen-bond donors (Lipinski definition) is 0. The zero-order chi connectivity index (χ0) is 14.0. The number of carbonyl (C=O) groups is 1. The van der Waals surface area contributed by atoms with Gasteiger partial charge in [-0.2, -0.15) is 0 Å². The molecule has 1 aliphatic rings. The summed E-state index contributed by atoms with van der Waals surface area (Å²) in [5, 5.41) is 0. The molecule has 0 unspecified atom stereocenters. The maximum absolute atomic E-state index is 12.2. The molecule has 0 radical (unpaired) electrons. The van der Waals surface area contributed by atoms with Gasteiger partial charge < -0.3 is 4.74 Å². The Morgan fingerprint density at radius 1 is 1.42 bits per heavy atom. The minimum atomic E-state index is -0.0205. The van der Waals surface area contributed by atoms with Gasteiger partial charge in [-0.15, -0.1) is 0 Å². The van der Waals surface area contributed by atoms with Crippen LogP contribution < -0.4 is 4.74 Å². The Kier molecular flexibility index (Phi) is 4.27. The highest BCUT2D eigenvalue weighted by Gasteiger charge is 2.33. The summed E-state index contributed by atoms with van der Waals surface area (Å²) in [4.78, 5) is 14.5. The number of ether oxygens (including phenoxy) is 1. The molecule has 1 amide bonds. The van der Waals surface area contributed by atoms with Gasteiger partial charge in [-0.1, -0.05) is 36.1 Å². The third-order valence-electron chi connectivity index (χ3n) is 2.73. The van der Waals surface area contributed by atoms with Gasteiger partial charge in [-0.25, -0.2) is 0 Å². The highest BCUT2D eigenvalue weighted by atomic mass is 32.2. The molecule has 1 heterocycles. The molecule has 0 atom stereocenters. The van der Waals surface area contributed by atoms with E-state index < -0.39 is 0 Å². The largest absolute Gasteiger partial charge is 0.497 e. The quantitative estimate of drug-likeness (QED) is 0.632. The van der Waals surface area contributed by atoms with E-state index in [2.05, 4.69) is 0 Å². The van der Waals surface area contributed by atoms with E-state index in [0.29, 0.717) is 9.23 Å². The van der Waals surface area contributed by atoms with E-state index in [1.165, 1.54) is 11.8 Å². The molecular weight excluding hydrogens is 278 g/mol. The summed E-state index contributed by atoms with van der Waals surface area (Å²) < 4.78 is 5.79. The molecule has 0 bridgehead atoms. The first-order valence-electron chi connectivity index (χ1n) is 5.94. The van der Waals surface area contributed by atoms with E-state index in [1.54, 1.807) is 12.0 Å². The smallest absolute Gasteiger partial charge is 0.266 e. The summed E-state index contributed by atoms with van der Waals surface area (Å²) >= 11 is 6.58. The molecule has 0 N–H and O–H groups in total. The second-order valence-corrected chi connectivity index (χ2v) is 6.10. The zero-order valence-electron chi connectivity index (χ0n) is 11.0. The number of amides is 1. The van der Waals surface area contributed by atoms with E-state index in [4.69, 9.17) is 17.0 Å². The minimum Gasteiger partial charge on any atom is -0.497 e. The molecule has 1 aromatic carbocycles. The molecule has 5 heteroatoms. The van der Waals surface area contributed by atoms with Crippen LogP contribution in [0.15, 0.2) is 29.2 Å². The molecular formula is C14H15NO2S2. The van der Waals surface area contributed by atoms with Crippen LogP contribution in [0.5, 0.6) is 5.75 Å². The summed E-state index contributed by atoms with van der Waals surface area (Å²) in [5.74, 6) is 0.751. The van der Waals surface area contributed by atoms with Crippen LogP contribution in [0.2, 0.25) is 0 Å². The van der Waals surface area contributed by atoms with Crippen LogP contribution in [0.4, 0.5) is 0 Å². The number of nitrogens with zero attached hydrogens (tertiary/aromatic N) is 1. The average molecular weight is 293 g/mol. The second-order valence-electron chi connectivity index (χ2n) is 4.42. The predicted octanol–water partition coefficient (Wildman–Crippen LogP) is 3.30. The molecule has 2 rings (SSSR count). The van der Waals surface area contributed by atoms with Gasteiger partial charge in [0.15, 0.2) is 0 Å². The molecule has 19 heavy (non-hydrogen) atoms. The molecule has 1 aliphatic heterocycles. The van der Waals surface area contributed by atoms with Gasteiger partial charge in [0.2, 0.25) is 0 Å². The lowest BCUT2D eigenvalue weighted by Crippen LogP contribution is -2.34. The van der Waals surface area contributed by atoms with Crippen molar-refractivity contribution in [2.24, 2.45) is 0 Å². The number of hydrogen-bond acceptors (Lipinski definition) is 4. The van der Waals surface area contributed by atoms with Crippen molar-refractivity contribution in [1.29, 1.82) is 0 Å². The van der Waals surface area contributed by atoms with E-state index in [9.17, 15) is 4.79 Å². The van der Waals surface area contributed by atoms with Crippen molar-refractivity contribution in [3.8, 4) is 5.75 Å². The van der Waals surface area contributed by atoms with Crippen LogP contribution in [0, 0.1) is 0 Å². The molecule has 0 saturated carbocycles. The summed E-state index contributed by atoms with van der Waals surface area (Å²) in [7, 11) is 1.62. The number of thioether (sulfide) groups is 1. The number of methoxy groups -OCH3 is 1. The van der Waals surface area contributed by atoms with Crippen LogP contribution in [0.1, 0.15) is 19.4 Å². The average Bonchev–Trinajstić information content (AvgIpc) is 2.64. The van der Waals surface area contributed by atoms with Gasteiger partial charge in [-0.3, -0.25) is 9.69 Å². The molecule has 3 nitrogen and oxygen atoms in total. The molecule has 100 valence electrons. The van der Waals surface area contributed by atoms with E-state index in [1.807, 2.05) is 44.2 Å². The van der Waals surface area contributed by atoms with Gasteiger partial charge >= 0.3 is 0 Å². The Bertz CT molecular complexity index is 552. The maximum Gasteiger partial charge on any atom is 0.266 e. The molecule has 1 aromatic rings. The van der Waals surface area contributed by atoms with Gasteiger partial charge in [0.05, 0.1) is 12.0 Å². The predicted molar refractivity (Wildman–Crippen MR) is 83.1 cm³/mol. The van der Waals surface area contributed by atoms with E-state index >= 15 is 0 Å². The monoisotopic (exact) mass is 293 g/mol. The first-order valence-corrected chi connectivity index (χ1v) is 7.16.